The van der Waals surface area contributed by atoms with Crippen LogP contribution in [0.2, 0.25) is 0 Å². The van der Waals surface area contributed by atoms with Crippen LogP contribution < -0.4 is 10.6 Å². The predicted molar refractivity (Wildman–Crippen MR) is 72.4 cm³/mol. The van der Waals surface area contributed by atoms with E-state index in [9.17, 15) is 0 Å². The minimum absolute atomic E-state index is 0.442. The highest BCUT2D eigenvalue weighted by atomic mass is 79.9. The third kappa shape index (κ3) is 3.33. The number of thiophene rings is 1. The predicted octanol–water partition coefficient (Wildman–Crippen LogP) is 3.45. The van der Waals surface area contributed by atoms with Gasteiger partial charge < -0.3 is 10.6 Å². The second-order valence-electron chi connectivity index (χ2n) is 3.66. The average molecular weight is 289 g/mol. The highest BCUT2D eigenvalue weighted by Crippen LogP contribution is 2.32. The number of hydrogen-bond acceptors (Lipinski definition) is 3. The van der Waals surface area contributed by atoms with Gasteiger partial charge in [0.2, 0.25) is 0 Å². The fourth-order valence-electron chi connectivity index (χ4n) is 1.29. The zero-order chi connectivity index (χ0) is 11.4. The SMILES string of the molecule is C=C(C(C)C)N(CCN)c1ccc(Br)s1. The number of nitrogens with two attached hydrogens (primary N) is 1. The Labute approximate surface area is 104 Å². The summed E-state index contributed by atoms with van der Waals surface area (Å²) in [5.41, 5.74) is 6.74. The molecule has 1 aromatic heterocycles. The number of hydrogen-bond donors (Lipinski definition) is 1. The topological polar surface area (TPSA) is 29.3 Å². The number of rotatable bonds is 5. The first-order valence-electron chi connectivity index (χ1n) is 4.98. The quantitative estimate of drug-likeness (QED) is 0.899. The van der Waals surface area contributed by atoms with Crippen molar-refractivity contribution in [2.24, 2.45) is 11.7 Å². The zero-order valence-electron chi connectivity index (χ0n) is 9.16. The van der Waals surface area contributed by atoms with Gasteiger partial charge in [0.15, 0.2) is 0 Å². The molecule has 2 N–H and O–H groups in total. The monoisotopic (exact) mass is 288 g/mol. The highest BCUT2D eigenvalue weighted by molar-refractivity contribution is 9.11. The average Bonchev–Trinajstić information content (AvgIpc) is 2.60. The molecule has 0 atom stereocenters. The Hall–Kier alpha value is -0.320. The second-order valence-corrected chi connectivity index (χ2v) is 6.11. The Balaban J connectivity index is 2.87. The van der Waals surface area contributed by atoms with Gasteiger partial charge in [0.1, 0.15) is 0 Å². The molecule has 0 unspecified atom stereocenters. The molecule has 0 amide bonds. The maximum absolute atomic E-state index is 5.62. The van der Waals surface area contributed by atoms with Gasteiger partial charge in [-0.05, 0) is 34.0 Å². The van der Waals surface area contributed by atoms with Gasteiger partial charge in [-0.15, -0.1) is 11.3 Å². The van der Waals surface area contributed by atoms with Gasteiger partial charge in [0.25, 0.3) is 0 Å². The summed E-state index contributed by atoms with van der Waals surface area (Å²) in [7, 11) is 0. The minimum atomic E-state index is 0.442. The van der Waals surface area contributed by atoms with E-state index in [1.54, 1.807) is 11.3 Å². The lowest BCUT2D eigenvalue weighted by Gasteiger charge is -2.27. The molecule has 2 nitrogen and oxygen atoms in total. The number of nitrogens with zero attached hydrogens (tertiary/aromatic N) is 1. The van der Waals surface area contributed by atoms with Gasteiger partial charge in [-0.25, -0.2) is 0 Å². The van der Waals surface area contributed by atoms with Crippen LogP contribution in [-0.2, 0) is 0 Å². The molecule has 1 heterocycles. The molecule has 0 aliphatic rings. The molecule has 15 heavy (non-hydrogen) atoms. The molecule has 1 aromatic rings. The summed E-state index contributed by atoms with van der Waals surface area (Å²) in [6.45, 7) is 9.88. The molecule has 0 bridgehead atoms. The summed E-state index contributed by atoms with van der Waals surface area (Å²) in [6, 6.07) is 4.15. The molecule has 0 fully saturated rings. The Bertz CT molecular complexity index is 333. The summed E-state index contributed by atoms with van der Waals surface area (Å²) in [5.74, 6) is 0.442. The Morgan fingerprint density at radius 2 is 2.27 bits per heavy atom. The first-order chi connectivity index (χ1) is 7.06. The van der Waals surface area contributed by atoms with Gasteiger partial charge in [-0.2, -0.15) is 0 Å². The van der Waals surface area contributed by atoms with Crippen molar-refractivity contribution in [3.05, 3.63) is 28.2 Å². The van der Waals surface area contributed by atoms with Crippen molar-refractivity contribution in [2.75, 3.05) is 18.0 Å². The fourth-order valence-corrected chi connectivity index (χ4v) is 2.71. The molecule has 0 radical (unpaired) electrons. The van der Waals surface area contributed by atoms with Crippen LogP contribution in [-0.4, -0.2) is 13.1 Å². The van der Waals surface area contributed by atoms with Crippen LogP contribution in [0.25, 0.3) is 0 Å². The molecule has 0 aromatic carbocycles. The summed E-state index contributed by atoms with van der Waals surface area (Å²) >= 11 is 5.18. The molecule has 84 valence electrons. The van der Waals surface area contributed by atoms with Crippen LogP contribution in [0, 0.1) is 5.92 Å². The van der Waals surface area contributed by atoms with Crippen molar-refractivity contribution >= 4 is 32.3 Å². The van der Waals surface area contributed by atoms with Gasteiger partial charge in [-0.3, -0.25) is 0 Å². The lowest BCUT2D eigenvalue weighted by molar-refractivity contribution is 0.711. The minimum Gasteiger partial charge on any atom is -0.336 e. The molecule has 0 aliphatic heterocycles. The van der Waals surface area contributed by atoms with Crippen LogP contribution in [0.1, 0.15) is 13.8 Å². The van der Waals surface area contributed by atoms with Crippen LogP contribution in [0.15, 0.2) is 28.2 Å². The zero-order valence-corrected chi connectivity index (χ0v) is 11.6. The standard InChI is InChI=1S/C11H17BrN2S/c1-8(2)9(3)14(7-6-13)11-5-4-10(12)15-11/h4-5,8H,3,6-7,13H2,1-2H3. The highest BCUT2D eigenvalue weighted by Gasteiger charge is 2.13. The van der Waals surface area contributed by atoms with Crippen molar-refractivity contribution in [1.29, 1.82) is 0 Å². The van der Waals surface area contributed by atoms with Crippen LogP contribution in [0.4, 0.5) is 5.00 Å². The molecule has 4 heteroatoms. The Morgan fingerprint density at radius 1 is 1.60 bits per heavy atom. The fraction of sp³-hybridized carbons (Fsp3) is 0.455. The van der Waals surface area contributed by atoms with Gasteiger partial charge >= 0.3 is 0 Å². The van der Waals surface area contributed by atoms with E-state index in [2.05, 4.69) is 53.4 Å². The molecule has 1 rings (SSSR count). The molecule has 0 spiro atoms. The van der Waals surface area contributed by atoms with Crippen molar-refractivity contribution in [1.82, 2.24) is 0 Å². The van der Waals surface area contributed by atoms with Crippen LogP contribution in [0.5, 0.6) is 0 Å². The lowest BCUT2D eigenvalue weighted by Crippen LogP contribution is -2.29. The van der Waals surface area contributed by atoms with Gasteiger partial charge in [0, 0.05) is 18.8 Å². The van der Waals surface area contributed by atoms with Crippen LogP contribution in [0.3, 0.4) is 0 Å². The van der Waals surface area contributed by atoms with E-state index in [1.165, 1.54) is 5.00 Å². The first-order valence-corrected chi connectivity index (χ1v) is 6.59. The number of halogens is 1. The summed E-state index contributed by atoms with van der Waals surface area (Å²) < 4.78 is 1.14. The molecular weight excluding hydrogens is 272 g/mol. The van der Waals surface area contributed by atoms with E-state index in [-0.39, 0.29) is 0 Å². The van der Waals surface area contributed by atoms with E-state index in [0.717, 1.165) is 16.0 Å². The molecule has 0 saturated carbocycles. The van der Waals surface area contributed by atoms with Crippen molar-refractivity contribution < 1.29 is 0 Å². The third-order valence-electron chi connectivity index (χ3n) is 2.19. The molecule has 0 aliphatic carbocycles. The van der Waals surface area contributed by atoms with E-state index in [4.69, 9.17) is 5.73 Å². The van der Waals surface area contributed by atoms with Gasteiger partial charge in [0.05, 0.1) is 8.79 Å². The van der Waals surface area contributed by atoms with E-state index >= 15 is 0 Å². The largest absolute Gasteiger partial charge is 0.336 e. The summed E-state index contributed by atoms with van der Waals surface area (Å²) in [6.07, 6.45) is 0. The van der Waals surface area contributed by atoms with Crippen molar-refractivity contribution in [3.8, 4) is 0 Å². The Morgan fingerprint density at radius 3 is 2.67 bits per heavy atom. The second kappa shape index (κ2) is 5.68. The van der Waals surface area contributed by atoms with Crippen molar-refractivity contribution in [2.45, 2.75) is 13.8 Å². The molecule has 0 saturated heterocycles. The van der Waals surface area contributed by atoms with E-state index in [0.29, 0.717) is 12.5 Å². The van der Waals surface area contributed by atoms with E-state index < -0.39 is 0 Å². The van der Waals surface area contributed by atoms with Gasteiger partial charge in [-0.1, -0.05) is 20.4 Å². The van der Waals surface area contributed by atoms with E-state index in [1.807, 2.05) is 0 Å². The Kier molecular flexibility index (Phi) is 4.83. The summed E-state index contributed by atoms with van der Waals surface area (Å²) in [5, 5.41) is 1.20. The lowest BCUT2D eigenvalue weighted by atomic mass is 10.1. The maximum Gasteiger partial charge on any atom is 0.0962 e. The molecular formula is C11H17BrN2S. The first kappa shape index (κ1) is 12.7. The van der Waals surface area contributed by atoms with Crippen molar-refractivity contribution in [3.63, 3.8) is 0 Å². The number of anilines is 1. The number of allylic oxidation sites excluding steroid dienone is 1. The van der Waals surface area contributed by atoms with Crippen LogP contribution >= 0.6 is 27.3 Å². The maximum atomic E-state index is 5.62. The summed E-state index contributed by atoms with van der Waals surface area (Å²) in [4.78, 5) is 2.19. The third-order valence-corrected chi connectivity index (χ3v) is 3.84. The normalized spacial score (nSPS) is 10.7. The smallest absolute Gasteiger partial charge is 0.0962 e.